The van der Waals surface area contributed by atoms with Gasteiger partial charge in [0.25, 0.3) is 0 Å². The number of halogens is 2. The van der Waals surface area contributed by atoms with Crippen LogP contribution in [0.2, 0.25) is 5.02 Å². The summed E-state index contributed by atoms with van der Waals surface area (Å²) in [6, 6.07) is 8.57. The minimum absolute atomic E-state index is 0.0674. The van der Waals surface area contributed by atoms with Crippen LogP contribution in [0.3, 0.4) is 0 Å². The van der Waals surface area contributed by atoms with Crippen molar-refractivity contribution in [3.8, 4) is 0 Å². The van der Waals surface area contributed by atoms with Gasteiger partial charge in [-0.25, -0.2) is 4.39 Å². The van der Waals surface area contributed by atoms with Crippen LogP contribution in [0.4, 0.5) is 10.1 Å². The van der Waals surface area contributed by atoms with E-state index in [1.807, 2.05) is 12.1 Å². The quantitative estimate of drug-likeness (QED) is 0.710. The fourth-order valence-corrected chi connectivity index (χ4v) is 3.44. The second-order valence-corrected chi connectivity index (χ2v) is 6.71. The molecular weight excluding hydrogens is 349 g/mol. The van der Waals surface area contributed by atoms with Crippen LogP contribution in [0, 0.1) is 5.82 Å². The van der Waals surface area contributed by atoms with E-state index in [0.717, 1.165) is 18.8 Å². The zero-order valence-electron chi connectivity index (χ0n) is 13.1. The predicted octanol–water partition coefficient (Wildman–Crippen LogP) is 2.78. The number of anilines is 1. The van der Waals surface area contributed by atoms with E-state index in [4.69, 9.17) is 28.2 Å². The smallest absolute Gasteiger partial charge is 0.171 e. The Balaban J connectivity index is 1.59. The third-order valence-corrected chi connectivity index (χ3v) is 4.81. The summed E-state index contributed by atoms with van der Waals surface area (Å²) in [4.78, 5) is 1.50. The monoisotopic (exact) mass is 368 g/mol. The molecule has 1 aliphatic heterocycles. The van der Waals surface area contributed by atoms with Gasteiger partial charge in [0.2, 0.25) is 0 Å². The van der Waals surface area contributed by atoms with E-state index in [2.05, 4.69) is 10.6 Å². The minimum Gasteiger partial charge on any atom is -0.463 e. The molecule has 0 unspecified atom stereocenters. The van der Waals surface area contributed by atoms with Gasteiger partial charge in [0.05, 0.1) is 30.9 Å². The summed E-state index contributed by atoms with van der Waals surface area (Å²) in [5, 5.41) is 6.81. The first-order valence-electron chi connectivity index (χ1n) is 8.01. The number of nitrogens with one attached hydrogen (secondary N) is 3. The average Bonchev–Trinajstić information content (AvgIpc) is 3.25. The van der Waals surface area contributed by atoms with E-state index in [0.29, 0.717) is 17.3 Å². The highest BCUT2D eigenvalue weighted by Gasteiger charge is 2.29. The first-order chi connectivity index (χ1) is 11.6. The third-order valence-electron chi connectivity index (χ3n) is 4.27. The minimum atomic E-state index is -0.448. The summed E-state index contributed by atoms with van der Waals surface area (Å²) in [6.07, 6.45) is 4.18. The van der Waals surface area contributed by atoms with Crippen LogP contribution < -0.4 is 15.5 Å². The lowest BCUT2D eigenvalue weighted by Gasteiger charge is -2.23. The molecule has 1 aromatic carbocycles. The summed E-state index contributed by atoms with van der Waals surface area (Å²) in [5.74, 6) is 0.517. The molecule has 3 rings (SSSR count). The Kier molecular flexibility index (Phi) is 5.71. The molecule has 0 aliphatic carbocycles. The zero-order chi connectivity index (χ0) is 16.9. The van der Waals surface area contributed by atoms with E-state index >= 15 is 0 Å². The molecule has 24 heavy (non-hydrogen) atoms. The molecule has 0 saturated carbocycles. The van der Waals surface area contributed by atoms with Crippen molar-refractivity contribution in [1.29, 1.82) is 0 Å². The maximum Gasteiger partial charge on any atom is 0.171 e. The van der Waals surface area contributed by atoms with Gasteiger partial charge in [-0.15, -0.1) is 0 Å². The number of furan rings is 1. The van der Waals surface area contributed by atoms with E-state index in [1.165, 1.54) is 29.9 Å². The van der Waals surface area contributed by atoms with Gasteiger partial charge in [0, 0.05) is 18.5 Å². The highest BCUT2D eigenvalue weighted by Crippen LogP contribution is 2.19. The Morgan fingerprint density at radius 2 is 2.12 bits per heavy atom. The zero-order valence-corrected chi connectivity index (χ0v) is 14.7. The molecule has 0 bridgehead atoms. The summed E-state index contributed by atoms with van der Waals surface area (Å²) >= 11 is 11.1. The molecule has 128 valence electrons. The van der Waals surface area contributed by atoms with Crippen molar-refractivity contribution in [2.75, 3.05) is 25.0 Å². The van der Waals surface area contributed by atoms with Crippen molar-refractivity contribution in [2.45, 2.75) is 18.9 Å². The van der Waals surface area contributed by atoms with Crippen LogP contribution in [0.5, 0.6) is 0 Å². The average molecular weight is 369 g/mol. The summed E-state index contributed by atoms with van der Waals surface area (Å²) in [6.45, 7) is 2.95. The lowest BCUT2D eigenvalue weighted by Crippen LogP contribution is -3.11. The number of likely N-dealkylation sites (tertiary alicyclic amines) is 1. The van der Waals surface area contributed by atoms with Gasteiger partial charge in [0.15, 0.2) is 16.9 Å². The van der Waals surface area contributed by atoms with Crippen LogP contribution in [0.25, 0.3) is 0 Å². The maximum atomic E-state index is 13.2. The van der Waals surface area contributed by atoms with E-state index < -0.39 is 5.82 Å². The predicted molar refractivity (Wildman–Crippen MR) is 97.0 cm³/mol. The second kappa shape index (κ2) is 7.96. The highest BCUT2D eigenvalue weighted by atomic mass is 35.5. The van der Waals surface area contributed by atoms with Crippen molar-refractivity contribution in [3.63, 3.8) is 0 Å². The molecule has 0 amide bonds. The Morgan fingerprint density at radius 1 is 1.33 bits per heavy atom. The van der Waals surface area contributed by atoms with Gasteiger partial charge in [-0.05, 0) is 42.5 Å². The van der Waals surface area contributed by atoms with Crippen molar-refractivity contribution >= 4 is 34.6 Å². The maximum absolute atomic E-state index is 13.2. The van der Waals surface area contributed by atoms with Crippen LogP contribution in [0.1, 0.15) is 24.6 Å². The second-order valence-electron chi connectivity index (χ2n) is 5.90. The Morgan fingerprint density at radius 3 is 2.79 bits per heavy atom. The Bertz CT molecular complexity index is 689. The largest absolute Gasteiger partial charge is 0.463 e. The van der Waals surface area contributed by atoms with Crippen LogP contribution >= 0.6 is 23.8 Å². The van der Waals surface area contributed by atoms with Gasteiger partial charge < -0.3 is 20.0 Å². The van der Waals surface area contributed by atoms with E-state index in [1.54, 1.807) is 12.3 Å². The molecular formula is C17H20ClFN3OS+. The van der Waals surface area contributed by atoms with Crippen molar-refractivity contribution < 1.29 is 13.7 Å². The molecule has 0 spiro atoms. The van der Waals surface area contributed by atoms with E-state index in [9.17, 15) is 4.39 Å². The third kappa shape index (κ3) is 4.26. The van der Waals surface area contributed by atoms with Crippen LogP contribution in [0.15, 0.2) is 41.0 Å². The molecule has 1 aliphatic rings. The first kappa shape index (κ1) is 17.2. The fraction of sp³-hybridized carbons (Fsp3) is 0.353. The fourth-order valence-electron chi connectivity index (χ4n) is 3.06. The summed E-state index contributed by atoms with van der Waals surface area (Å²) in [5.41, 5.74) is 0.655. The number of rotatable bonds is 5. The standard InChI is InChI=1S/C17H19ClFN3OS/c18-13-10-12(5-6-14(13)19)21-17(24)20-11-15(16-4-3-9-23-16)22-7-1-2-8-22/h3-6,9-10,15H,1-2,7-8,11H2,(H2,20,21,24)/p+1/t15-/m1/s1. The topological polar surface area (TPSA) is 41.6 Å². The molecule has 4 nitrogen and oxygen atoms in total. The van der Waals surface area contributed by atoms with Gasteiger partial charge in [-0.2, -0.15) is 0 Å². The van der Waals surface area contributed by atoms with Crippen molar-refractivity contribution in [2.24, 2.45) is 0 Å². The number of benzene rings is 1. The molecule has 0 radical (unpaired) electrons. The first-order valence-corrected chi connectivity index (χ1v) is 8.80. The lowest BCUT2D eigenvalue weighted by atomic mass is 10.2. The van der Waals surface area contributed by atoms with Gasteiger partial charge >= 0.3 is 0 Å². The van der Waals surface area contributed by atoms with E-state index in [-0.39, 0.29) is 11.1 Å². The highest BCUT2D eigenvalue weighted by molar-refractivity contribution is 7.80. The van der Waals surface area contributed by atoms with Gasteiger partial charge in [-0.1, -0.05) is 11.6 Å². The summed E-state index contributed by atoms with van der Waals surface area (Å²) in [7, 11) is 0. The molecule has 1 aromatic heterocycles. The lowest BCUT2D eigenvalue weighted by molar-refractivity contribution is -0.919. The summed E-state index contributed by atoms with van der Waals surface area (Å²) < 4.78 is 18.8. The molecule has 1 atom stereocenters. The molecule has 7 heteroatoms. The number of thiocarbonyl (C=S) groups is 1. The molecule has 2 aromatic rings. The van der Waals surface area contributed by atoms with Crippen molar-refractivity contribution in [1.82, 2.24) is 5.32 Å². The van der Waals surface area contributed by atoms with Gasteiger partial charge in [0.1, 0.15) is 5.82 Å². The Hall–Kier alpha value is -1.63. The van der Waals surface area contributed by atoms with Crippen molar-refractivity contribution in [3.05, 3.63) is 53.2 Å². The number of quaternary nitrogens is 1. The number of hydrogen-bond donors (Lipinski definition) is 3. The number of hydrogen-bond acceptors (Lipinski definition) is 2. The molecule has 1 fully saturated rings. The van der Waals surface area contributed by atoms with Crippen LogP contribution in [-0.2, 0) is 0 Å². The SMILES string of the molecule is Fc1ccc(NC(=S)NC[C@H](c2ccco2)[NH+]2CCCC2)cc1Cl. The Labute approximate surface area is 151 Å². The normalized spacial score (nSPS) is 16.1. The van der Waals surface area contributed by atoms with Gasteiger partial charge in [-0.3, -0.25) is 0 Å². The molecule has 1 saturated heterocycles. The molecule has 2 heterocycles. The van der Waals surface area contributed by atoms with Crippen LogP contribution in [-0.4, -0.2) is 24.7 Å². The molecule has 3 N–H and O–H groups in total.